The van der Waals surface area contributed by atoms with Crippen molar-refractivity contribution in [1.82, 2.24) is 69.1 Å². The van der Waals surface area contributed by atoms with Crippen LogP contribution in [0.3, 0.4) is 0 Å². The number of rotatable bonds is 22. The molecule has 86 heavy (non-hydrogen) atoms. The van der Waals surface area contributed by atoms with E-state index in [1.54, 1.807) is 74.4 Å². The SMILES string of the molecule is C=CCn1nc(-c2cnc3c(n2)c(C(=O)N[C@H](C)C(=O)N2CC(C#N)C2)cn3COCC[Si](C)(C)C)c2ccc(Cl)cc21.CCCn1nc(-c2cnc3c(n2)c(C(=O)N[C@H](C)C(=O)N2CC(C#N)C2)cn3COCC[Si](C)(C)C)c2ccc(Cl)cc21. The molecule has 0 unspecified atom stereocenters. The molecule has 2 aromatic carbocycles. The van der Waals surface area contributed by atoms with Gasteiger partial charge in [-0.2, -0.15) is 20.7 Å². The van der Waals surface area contributed by atoms with Crippen molar-refractivity contribution in [2.45, 2.75) is 117 Å². The van der Waals surface area contributed by atoms with Gasteiger partial charge in [0.25, 0.3) is 11.8 Å². The number of aryl methyl sites for hydroxylation is 1. The van der Waals surface area contributed by atoms with Gasteiger partial charge in [-0.1, -0.05) is 75.5 Å². The molecule has 450 valence electrons. The zero-order valence-corrected chi connectivity index (χ0v) is 53.5. The Morgan fingerprint density at radius 1 is 0.698 bits per heavy atom. The molecule has 2 atom stereocenters. The molecular weight excluding hydrogens is 1170 g/mol. The molecule has 8 aromatic rings. The molecule has 0 saturated carbocycles. The van der Waals surface area contributed by atoms with Crippen LogP contribution in [0.2, 0.25) is 61.4 Å². The fourth-order valence-electron chi connectivity index (χ4n) is 9.96. The van der Waals surface area contributed by atoms with Crippen LogP contribution in [0.4, 0.5) is 0 Å². The number of nitrogens with zero attached hydrogens (tertiary/aromatic N) is 14. The van der Waals surface area contributed by atoms with Crippen molar-refractivity contribution in [3.63, 3.8) is 0 Å². The Hall–Kier alpha value is -7.85. The smallest absolute Gasteiger partial charge is 0.255 e. The number of ether oxygens (including phenoxy) is 2. The molecule has 4 amide bonds. The summed E-state index contributed by atoms with van der Waals surface area (Å²) in [6.45, 7) is 27.2. The first-order valence-corrected chi connectivity index (χ1v) is 36.9. The maximum atomic E-state index is 13.6. The standard InChI is InChI=1S/C30H37ClN8O3Si.C30H35ClN8O3Si/c2*1-6-9-39-25-12-21(31)7-8-22(25)26(36-39)24-14-33-28-27(35-24)23(17-38(28)18-42-10-11-43(3,4)5)29(40)34-19(2)30(41)37-15-20(13-32)16-37/h7-8,12,14,17,19-20H,6,9-11,15-16,18H2,1-5H3,(H,34,40);6-8,12,14,17,19-20H,1,9-11,15-16,18H2,2-5H3,(H,34,40)/t2*19-/m11/s1. The number of likely N-dealkylation sites (tertiary alicyclic amines) is 2. The van der Waals surface area contributed by atoms with Gasteiger partial charge in [-0.05, 0) is 68.8 Å². The molecule has 22 nitrogen and oxygen atoms in total. The van der Waals surface area contributed by atoms with Crippen LogP contribution in [0.1, 0.15) is 47.9 Å². The summed E-state index contributed by atoms with van der Waals surface area (Å²) in [5.74, 6) is -1.68. The fourth-order valence-corrected chi connectivity index (χ4v) is 11.8. The zero-order valence-electron chi connectivity index (χ0n) is 50.0. The van der Waals surface area contributed by atoms with Crippen LogP contribution >= 0.6 is 23.2 Å². The Bertz CT molecular complexity index is 3970. The predicted octanol–water partition coefficient (Wildman–Crippen LogP) is 9.62. The minimum absolute atomic E-state index is 0.160. The Balaban J connectivity index is 0.000000205. The monoisotopic (exact) mass is 1240 g/mol. The molecule has 2 fully saturated rings. The predicted molar refractivity (Wildman–Crippen MR) is 336 cm³/mol. The van der Waals surface area contributed by atoms with E-state index in [9.17, 15) is 19.2 Å². The average Bonchev–Trinajstić information content (AvgIpc) is 1.80. The van der Waals surface area contributed by atoms with Crippen molar-refractivity contribution in [3.8, 4) is 34.9 Å². The van der Waals surface area contributed by atoms with Crippen molar-refractivity contribution in [3.05, 3.63) is 95.0 Å². The summed E-state index contributed by atoms with van der Waals surface area (Å²) in [6, 6.07) is 15.9. The highest BCUT2D eigenvalue weighted by Gasteiger charge is 2.36. The Kier molecular flexibility index (Phi) is 19.3. The van der Waals surface area contributed by atoms with Gasteiger partial charge in [0.1, 0.15) is 59.4 Å². The molecule has 2 N–H and O–H groups in total. The number of amides is 4. The second-order valence-electron chi connectivity index (χ2n) is 24.3. The van der Waals surface area contributed by atoms with Crippen LogP contribution in [0.5, 0.6) is 0 Å². The first-order chi connectivity index (χ1) is 41.0. The van der Waals surface area contributed by atoms with E-state index < -0.39 is 40.0 Å². The molecule has 0 radical (unpaired) electrons. The number of hydrogen-bond acceptors (Lipinski definition) is 14. The lowest BCUT2D eigenvalue weighted by Crippen LogP contribution is -2.55. The van der Waals surface area contributed by atoms with Crippen LogP contribution in [-0.2, 0) is 45.6 Å². The third-order valence-corrected chi connectivity index (χ3v) is 18.8. The summed E-state index contributed by atoms with van der Waals surface area (Å²) in [6.07, 6.45) is 9.29. The first kappa shape index (κ1) is 62.7. The van der Waals surface area contributed by atoms with E-state index in [0.29, 0.717) is 108 Å². The number of allylic oxidation sites excluding steroid dienone is 1. The zero-order chi connectivity index (χ0) is 61.8. The molecule has 2 aliphatic heterocycles. The van der Waals surface area contributed by atoms with Gasteiger partial charge in [0.2, 0.25) is 11.8 Å². The van der Waals surface area contributed by atoms with Crippen LogP contribution < -0.4 is 10.6 Å². The van der Waals surface area contributed by atoms with Crippen LogP contribution in [-0.4, -0.2) is 150 Å². The number of hydrogen-bond donors (Lipinski definition) is 2. The van der Waals surface area contributed by atoms with Crippen molar-refractivity contribution in [2.24, 2.45) is 11.8 Å². The molecule has 8 heterocycles. The number of aromatic nitrogens is 10. The van der Waals surface area contributed by atoms with Gasteiger partial charge < -0.3 is 39.0 Å². The molecule has 2 aliphatic rings. The Morgan fingerprint density at radius 2 is 1.12 bits per heavy atom. The lowest BCUT2D eigenvalue weighted by Gasteiger charge is -2.37. The minimum Gasteiger partial charge on any atom is -0.361 e. The number of halogens is 2. The molecule has 0 spiro atoms. The second-order valence-corrected chi connectivity index (χ2v) is 36.4. The number of carbonyl (C=O) groups is 4. The second kappa shape index (κ2) is 26.4. The summed E-state index contributed by atoms with van der Waals surface area (Å²) in [4.78, 5) is 75.2. The van der Waals surface area contributed by atoms with Gasteiger partial charge in [0.05, 0.1) is 65.1 Å². The fraction of sp³-hybridized carbons (Fsp3) is 0.433. The van der Waals surface area contributed by atoms with Crippen molar-refractivity contribution in [2.75, 3.05) is 39.4 Å². The molecule has 2 saturated heterocycles. The summed E-state index contributed by atoms with van der Waals surface area (Å²) >= 11 is 12.6. The van der Waals surface area contributed by atoms with Crippen LogP contribution in [0.25, 0.3) is 66.9 Å². The highest BCUT2D eigenvalue weighted by atomic mass is 35.5. The van der Waals surface area contributed by atoms with Gasteiger partial charge in [-0.3, -0.25) is 28.5 Å². The third-order valence-electron chi connectivity index (χ3n) is 14.9. The quantitative estimate of drug-likeness (QED) is 0.0364. The van der Waals surface area contributed by atoms with Crippen molar-refractivity contribution in [1.29, 1.82) is 10.5 Å². The van der Waals surface area contributed by atoms with Crippen molar-refractivity contribution < 1.29 is 28.7 Å². The molecular formula is C60H72Cl2N16O6Si2. The van der Waals surface area contributed by atoms with Crippen molar-refractivity contribution >= 4 is 107 Å². The van der Waals surface area contributed by atoms with Gasteiger partial charge in [0.15, 0.2) is 11.3 Å². The molecule has 0 aliphatic carbocycles. The van der Waals surface area contributed by atoms with E-state index in [0.717, 1.165) is 40.3 Å². The topological polar surface area (TPSA) is 262 Å². The lowest BCUT2D eigenvalue weighted by molar-refractivity contribution is -0.138. The van der Waals surface area contributed by atoms with E-state index in [-0.39, 0.29) is 48.2 Å². The maximum Gasteiger partial charge on any atom is 0.255 e. The molecule has 26 heteroatoms. The average molecular weight is 1240 g/mol. The lowest BCUT2D eigenvalue weighted by atomic mass is 10.0. The van der Waals surface area contributed by atoms with Gasteiger partial charge >= 0.3 is 0 Å². The summed E-state index contributed by atoms with van der Waals surface area (Å²) in [7, 11) is -2.56. The minimum atomic E-state index is -1.28. The Morgan fingerprint density at radius 3 is 1.51 bits per heavy atom. The Labute approximate surface area is 511 Å². The number of benzene rings is 2. The maximum absolute atomic E-state index is 13.6. The van der Waals surface area contributed by atoms with Gasteiger partial charge in [-0.25, -0.2) is 19.9 Å². The largest absolute Gasteiger partial charge is 0.361 e. The summed E-state index contributed by atoms with van der Waals surface area (Å²) < 4.78 is 19.2. The number of fused-ring (bicyclic) bond motifs is 4. The molecule has 0 bridgehead atoms. The number of nitrogens with one attached hydrogen (secondary N) is 2. The van der Waals surface area contributed by atoms with Crippen LogP contribution in [0.15, 0.2) is 73.8 Å². The van der Waals surface area contributed by atoms with E-state index in [2.05, 4.69) is 75.6 Å². The normalized spacial score (nSPS) is 14.5. The van der Waals surface area contributed by atoms with E-state index in [4.69, 9.17) is 73.3 Å². The molecule has 10 rings (SSSR count). The molecule has 6 aromatic heterocycles. The highest BCUT2D eigenvalue weighted by Crippen LogP contribution is 2.33. The number of carbonyl (C=O) groups excluding carboxylic acids is 4. The van der Waals surface area contributed by atoms with Gasteiger partial charge in [-0.15, -0.1) is 6.58 Å². The van der Waals surface area contributed by atoms with E-state index in [1.807, 2.05) is 35.0 Å². The third kappa shape index (κ3) is 14.2. The summed E-state index contributed by atoms with van der Waals surface area (Å²) in [5, 5.41) is 36.3. The van der Waals surface area contributed by atoms with Gasteiger partial charge in [0, 0.05) is 95.3 Å². The van der Waals surface area contributed by atoms with E-state index in [1.165, 1.54) is 0 Å². The summed E-state index contributed by atoms with van der Waals surface area (Å²) in [5.41, 5.74) is 6.29. The van der Waals surface area contributed by atoms with E-state index >= 15 is 0 Å². The first-order valence-electron chi connectivity index (χ1n) is 28.8. The number of nitriles is 2. The highest BCUT2D eigenvalue weighted by molar-refractivity contribution is 6.76. The van der Waals surface area contributed by atoms with Crippen LogP contribution in [0, 0.1) is 34.5 Å².